The number of aldehydes is 1. The summed E-state index contributed by atoms with van der Waals surface area (Å²) in [7, 11) is 0. The summed E-state index contributed by atoms with van der Waals surface area (Å²) < 4.78 is 0. The maximum Gasteiger partial charge on any atom is 0.270 e. The van der Waals surface area contributed by atoms with Crippen molar-refractivity contribution in [3.05, 3.63) is 69.8 Å². The minimum Gasteiger partial charge on any atom is -0.399 e. The van der Waals surface area contributed by atoms with E-state index < -0.39 is 4.92 Å². The average molecular weight is 269 g/mol. The SMILES string of the molecule is N#Cc1ccc(N)cc1.O=Cc1cccc([N+](=O)[O-])c1. The van der Waals surface area contributed by atoms with Crippen molar-refractivity contribution >= 4 is 17.7 Å². The van der Waals surface area contributed by atoms with Crippen LogP contribution in [0.5, 0.6) is 0 Å². The summed E-state index contributed by atoms with van der Waals surface area (Å²) in [6.45, 7) is 0. The summed E-state index contributed by atoms with van der Waals surface area (Å²) in [5, 5.41) is 18.5. The number of benzene rings is 2. The van der Waals surface area contributed by atoms with E-state index in [1.54, 1.807) is 24.3 Å². The molecule has 0 aliphatic heterocycles. The van der Waals surface area contributed by atoms with Gasteiger partial charge in [0.2, 0.25) is 0 Å². The maximum absolute atomic E-state index is 10.2. The van der Waals surface area contributed by atoms with Crippen LogP contribution in [0.3, 0.4) is 0 Å². The lowest BCUT2D eigenvalue weighted by molar-refractivity contribution is -0.384. The van der Waals surface area contributed by atoms with Crippen LogP contribution in [0, 0.1) is 21.4 Å². The number of nitro groups is 1. The highest BCUT2D eigenvalue weighted by molar-refractivity contribution is 5.75. The molecule has 0 aliphatic rings. The molecular formula is C14H11N3O3. The van der Waals surface area contributed by atoms with Crippen LogP contribution in [0.25, 0.3) is 0 Å². The molecule has 100 valence electrons. The van der Waals surface area contributed by atoms with E-state index in [0.29, 0.717) is 23.1 Å². The number of nitrogens with two attached hydrogens (primary N) is 1. The summed E-state index contributed by atoms with van der Waals surface area (Å²) in [6.07, 6.45) is 0.576. The molecule has 2 aromatic rings. The average Bonchev–Trinajstić information content (AvgIpc) is 2.49. The Morgan fingerprint density at radius 2 is 1.85 bits per heavy atom. The number of nitro benzene ring substituents is 1. The van der Waals surface area contributed by atoms with Crippen molar-refractivity contribution in [3.8, 4) is 6.07 Å². The number of anilines is 1. The van der Waals surface area contributed by atoms with E-state index in [1.807, 2.05) is 6.07 Å². The Bertz CT molecular complexity index is 645. The molecule has 20 heavy (non-hydrogen) atoms. The summed E-state index contributed by atoms with van der Waals surface area (Å²) in [5.74, 6) is 0. The highest BCUT2D eigenvalue weighted by atomic mass is 16.6. The molecule has 6 nitrogen and oxygen atoms in total. The van der Waals surface area contributed by atoms with E-state index in [-0.39, 0.29) is 5.69 Å². The van der Waals surface area contributed by atoms with Crippen LogP contribution in [-0.2, 0) is 0 Å². The van der Waals surface area contributed by atoms with Gasteiger partial charge in [-0.3, -0.25) is 14.9 Å². The van der Waals surface area contributed by atoms with Gasteiger partial charge in [0, 0.05) is 23.4 Å². The van der Waals surface area contributed by atoms with Crippen molar-refractivity contribution in [3.63, 3.8) is 0 Å². The van der Waals surface area contributed by atoms with Gasteiger partial charge in [-0.05, 0) is 24.3 Å². The third kappa shape index (κ3) is 4.58. The van der Waals surface area contributed by atoms with Crippen LogP contribution in [0.15, 0.2) is 48.5 Å². The Kier molecular flexibility index (Phi) is 5.41. The Morgan fingerprint density at radius 3 is 2.35 bits per heavy atom. The predicted octanol–water partition coefficient (Wildman–Crippen LogP) is 2.55. The molecule has 6 heteroatoms. The number of nitrogen functional groups attached to an aromatic ring is 1. The number of nitrogens with zero attached hydrogens (tertiary/aromatic N) is 2. The first-order valence-corrected chi connectivity index (χ1v) is 5.52. The first-order chi connectivity index (χ1) is 9.56. The van der Waals surface area contributed by atoms with E-state index in [4.69, 9.17) is 11.0 Å². The van der Waals surface area contributed by atoms with Gasteiger partial charge in [0.05, 0.1) is 16.6 Å². The minimum atomic E-state index is -0.535. The van der Waals surface area contributed by atoms with E-state index >= 15 is 0 Å². The van der Waals surface area contributed by atoms with Crippen molar-refractivity contribution in [2.24, 2.45) is 0 Å². The molecule has 0 spiro atoms. The highest BCUT2D eigenvalue weighted by Crippen LogP contribution is 2.10. The van der Waals surface area contributed by atoms with Crippen molar-refractivity contribution in [1.29, 1.82) is 5.26 Å². The number of hydrogen-bond acceptors (Lipinski definition) is 5. The largest absolute Gasteiger partial charge is 0.399 e. The first-order valence-electron chi connectivity index (χ1n) is 5.52. The quantitative estimate of drug-likeness (QED) is 0.390. The third-order valence-corrected chi connectivity index (χ3v) is 2.26. The van der Waals surface area contributed by atoms with Crippen molar-refractivity contribution in [2.75, 3.05) is 5.73 Å². The molecule has 2 N–H and O–H groups in total. The molecule has 0 radical (unpaired) electrons. The van der Waals surface area contributed by atoms with Gasteiger partial charge in [-0.25, -0.2) is 0 Å². The molecule has 2 rings (SSSR count). The molecule has 0 saturated carbocycles. The van der Waals surface area contributed by atoms with Crippen LogP contribution in [-0.4, -0.2) is 11.2 Å². The third-order valence-electron chi connectivity index (χ3n) is 2.26. The fourth-order valence-electron chi connectivity index (χ4n) is 1.27. The lowest BCUT2D eigenvalue weighted by atomic mass is 10.2. The lowest BCUT2D eigenvalue weighted by Crippen LogP contribution is -1.88. The van der Waals surface area contributed by atoms with Crippen molar-refractivity contribution in [1.82, 2.24) is 0 Å². The van der Waals surface area contributed by atoms with Crippen LogP contribution >= 0.6 is 0 Å². The Labute approximate surface area is 115 Å². The number of rotatable bonds is 2. The van der Waals surface area contributed by atoms with Gasteiger partial charge in [-0.15, -0.1) is 0 Å². The van der Waals surface area contributed by atoms with Crippen LogP contribution in [0.1, 0.15) is 15.9 Å². The normalized spacial score (nSPS) is 8.75. The van der Waals surface area contributed by atoms with Crippen molar-refractivity contribution in [2.45, 2.75) is 0 Å². The Hall–Kier alpha value is -3.20. The zero-order valence-corrected chi connectivity index (χ0v) is 10.4. The van der Waals surface area contributed by atoms with Gasteiger partial charge in [-0.2, -0.15) is 5.26 Å². The number of carbonyl (C=O) groups is 1. The van der Waals surface area contributed by atoms with Gasteiger partial charge in [-0.1, -0.05) is 12.1 Å². The van der Waals surface area contributed by atoms with Crippen LogP contribution < -0.4 is 5.73 Å². The first kappa shape index (κ1) is 14.9. The molecule has 0 heterocycles. The molecule has 0 fully saturated rings. The number of hydrogen-bond donors (Lipinski definition) is 1. The molecule has 0 unspecified atom stereocenters. The topological polar surface area (TPSA) is 110 Å². The zero-order chi connectivity index (χ0) is 15.0. The second-order valence-corrected chi connectivity index (χ2v) is 3.70. The van der Waals surface area contributed by atoms with Crippen molar-refractivity contribution < 1.29 is 9.72 Å². The zero-order valence-electron chi connectivity index (χ0n) is 10.4. The second kappa shape index (κ2) is 7.28. The van der Waals surface area contributed by atoms with E-state index in [9.17, 15) is 14.9 Å². The summed E-state index contributed by atoms with van der Waals surface area (Å²) >= 11 is 0. The molecule has 0 amide bonds. The molecule has 0 atom stereocenters. The van der Waals surface area contributed by atoms with Gasteiger partial charge < -0.3 is 5.73 Å². The monoisotopic (exact) mass is 269 g/mol. The summed E-state index contributed by atoms with van der Waals surface area (Å²) in [4.78, 5) is 19.8. The number of non-ortho nitro benzene ring substituents is 1. The van der Waals surface area contributed by atoms with E-state index in [0.717, 1.165) is 0 Å². The fourth-order valence-corrected chi connectivity index (χ4v) is 1.27. The maximum atomic E-state index is 10.2. The summed E-state index contributed by atoms with van der Waals surface area (Å²) in [6, 6.07) is 14.3. The highest BCUT2D eigenvalue weighted by Gasteiger charge is 2.03. The van der Waals surface area contributed by atoms with E-state index in [2.05, 4.69) is 0 Å². The minimum absolute atomic E-state index is 0.0606. The smallest absolute Gasteiger partial charge is 0.270 e. The molecular weight excluding hydrogens is 258 g/mol. The summed E-state index contributed by atoms with van der Waals surface area (Å²) in [5.41, 5.74) is 6.96. The molecule has 0 aliphatic carbocycles. The van der Waals surface area contributed by atoms with Crippen LogP contribution in [0.2, 0.25) is 0 Å². The molecule has 2 aromatic carbocycles. The molecule has 0 aromatic heterocycles. The number of nitriles is 1. The molecule has 0 saturated heterocycles. The van der Waals surface area contributed by atoms with Gasteiger partial charge in [0.15, 0.2) is 0 Å². The lowest BCUT2D eigenvalue weighted by Gasteiger charge is -1.90. The fraction of sp³-hybridized carbons (Fsp3) is 0. The van der Waals surface area contributed by atoms with Gasteiger partial charge in [0.1, 0.15) is 6.29 Å². The predicted molar refractivity (Wildman–Crippen MR) is 74.1 cm³/mol. The van der Waals surface area contributed by atoms with Gasteiger partial charge >= 0.3 is 0 Å². The molecule has 0 bridgehead atoms. The second-order valence-electron chi connectivity index (χ2n) is 3.70. The van der Waals surface area contributed by atoms with Gasteiger partial charge in [0.25, 0.3) is 5.69 Å². The van der Waals surface area contributed by atoms with Crippen LogP contribution in [0.4, 0.5) is 11.4 Å². The Morgan fingerprint density at radius 1 is 1.20 bits per heavy atom. The Balaban J connectivity index is 0.000000204. The standard InChI is InChI=1S/C7H6N2.C7H5NO3/c8-5-6-1-3-7(9)4-2-6;9-5-6-2-1-3-7(4-6)8(10)11/h1-4H,9H2;1-5H. The number of carbonyl (C=O) groups excluding carboxylic acids is 1. The van der Waals surface area contributed by atoms with E-state index in [1.165, 1.54) is 24.3 Å².